The number of aromatic nitrogens is 2. The third-order valence-electron chi connectivity index (χ3n) is 4.69. The van der Waals surface area contributed by atoms with Crippen molar-refractivity contribution in [2.75, 3.05) is 6.61 Å². The lowest BCUT2D eigenvalue weighted by Crippen LogP contribution is -2.23. The molecule has 1 saturated carbocycles. The first-order valence-electron chi connectivity index (χ1n) is 7.88. The van der Waals surface area contributed by atoms with E-state index >= 15 is 0 Å². The molecule has 2 aromatic rings. The van der Waals surface area contributed by atoms with E-state index in [0.717, 1.165) is 16.0 Å². The predicted molar refractivity (Wildman–Crippen MR) is 89.6 cm³/mol. The zero-order chi connectivity index (χ0) is 15.0. The number of imidazole rings is 1. The number of rotatable bonds is 3. The fraction of sp³-hybridized carbons (Fsp3) is 0.588. The Labute approximate surface area is 131 Å². The van der Waals surface area contributed by atoms with E-state index in [0.29, 0.717) is 18.1 Å². The van der Waals surface area contributed by atoms with Gasteiger partial charge in [-0.05, 0) is 62.4 Å². The minimum atomic E-state index is 0.473. The molecule has 0 bridgehead atoms. The van der Waals surface area contributed by atoms with Gasteiger partial charge in [0.05, 0.1) is 12.1 Å². The van der Waals surface area contributed by atoms with Crippen LogP contribution in [0, 0.1) is 10.2 Å². The summed E-state index contributed by atoms with van der Waals surface area (Å²) in [7, 11) is 0. The number of nitrogens with one attached hydrogen (secondary N) is 1. The summed E-state index contributed by atoms with van der Waals surface area (Å²) >= 11 is 5.59. The highest BCUT2D eigenvalue weighted by molar-refractivity contribution is 7.71. The van der Waals surface area contributed by atoms with E-state index in [-0.39, 0.29) is 0 Å². The van der Waals surface area contributed by atoms with Crippen molar-refractivity contribution in [1.29, 1.82) is 0 Å². The highest BCUT2D eigenvalue weighted by Crippen LogP contribution is 2.41. The van der Waals surface area contributed by atoms with E-state index < -0.39 is 0 Å². The summed E-state index contributed by atoms with van der Waals surface area (Å²) < 4.78 is 8.85. The van der Waals surface area contributed by atoms with E-state index in [4.69, 9.17) is 17.0 Å². The minimum absolute atomic E-state index is 0.473. The molecule has 1 aliphatic rings. The zero-order valence-electron chi connectivity index (χ0n) is 13.1. The van der Waals surface area contributed by atoms with Crippen LogP contribution >= 0.6 is 12.2 Å². The maximum absolute atomic E-state index is 5.72. The number of hydrogen-bond acceptors (Lipinski definition) is 2. The molecule has 1 aromatic carbocycles. The van der Waals surface area contributed by atoms with Crippen LogP contribution in [-0.4, -0.2) is 16.2 Å². The summed E-state index contributed by atoms with van der Waals surface area (Å²) in [5, 5.41) is 0. The van der Waals surface area contributed by atoms with E-state index in [1.165, 1.54) is 31.2 Å². The Kier molecular flexibility index (Phi) is 3.82. The standard InChI is InChI=1S/C17H24N2OS/c1-4-20-14-7-5-6-13-15(14)18-16(21)19(13)12-8-10-17(2,3)11-9-12/h5-7,12H,4,8-11H2,1-3H3,(H,18,21). The van der Waals surface area contributed by atoms with Gasteiger partial charge in [-0.15, -0.1) is 0 Å². The lowest BCUT2D eigenvalue weighted by atomic mass is 9.75. The van der Waals surface area contributed by atoms with Crippen molar-refractivity contribution in [3.63, 3.8) is 0 Å². The Bertz CT molecular complexity index is 688. The molecule has 1 N–H and O–H groups in total. The minimum Gasteiger partial charge on any atom is -0.492 e. The van der Waals surface area contributed by atoms with Crippen LogP contribution in [0.1, 0.15) is 52.5 Å². The molecule has 1 aromatic heterocycles. The van der Waals surface area contributed by atoms with Crippen molar-refractivity contribution in [3.8, 4) is 5.75 Å². The van der Waals surface area contributed by atoms with Gasteiger partial charge in [0.15, 0.2) is 4.77 Å². The van der Waals surface area contributed by atoms with Gasteiger partial charge in [-0.1, -0.05) is 19.9 Å². The normalized spacial score (nSPS) is 19.0. The van der Waals surface area contributed by atoms with Crippen LogP contribution in [0.25, 0.3) is 11.0 Å². The van der Waals surface area contributed by atoms with Crippen LogP contribution in [-0.2, 0) is 0 Å². The average molecular weight is 304 g/mol. The SMILES string of the molecule is CCOc1cccc2c1[nH]c(=S)n2C1CCC(C)(C)CC1. The Morgan fingerprint density at radius 1 is 1.33 bits per heavy atom. The van der Waals surface area contributed by atoms with Crippen LogP contribution in [0.15, 0.2) is 18.2 Å². The lowest BCUT2D eigenvalue weighted by Gasteiger charge is -2.35. The van der Waals surface area contributed by atoms with Crippen LogP contribution in [0.2, 0.25) is 0 Å². The second-order valence-corrected chi connectivity index (χ2v) is 7.17. The molecule has 1 aliphatic carbocycles. The van der Waals surface area contributed by atoms with E-state index in [9.17, 15) is 0 Å². The number of ether oxygens (including phenoxy) is 1. The van der Waals surface area contributed by atoms with Gasteiger partial charge in [0.25, 0.3) is 0 Å². The maximum Gasteiger partial charge on any atom is 0.178 e. The van der Waals surface area contributed by atoms with Gasteiger partial charge in [-0.3, -0.25) is 0 Å². The first-order valence-corrected chi connectivity index (χ1v) is 8.29. The second kappa shape index (κ2) is 5.48. The van der Waals surface area contributed by atoms with Crippen molar-refractivity contribution in [2.24, 2.45) is 5.41 Å². The van der Waals surface area contributed by atoms with Gasteiger partial charge < -0.3 is 14.3 Å². The molecule has 0 aliphatic heterocycles. The number of aromatic amines is 1. The van der Waals surface area contributed by atoms with Crippen molar-refractivity contribution in [2.45, 2.75) is 52.5 Å². The smallest absolute Gasteiger partial charge is 0.178 e. The molecule has 0 spiro atoms. The van der Waals surface area contributed by atoms with Crippen molar-refractivity contribution in [1.82, 2.24) is 9.55 Å². The molecule has 3 nitrogen and oxygen atoms in total. The molecule has 0 amide bonds. The summed E-state index contributed by atoms with van der Waals surface area (Å²) in [5.41, 5.74) is 2.69. The van der Waals surface area contributed by atoms with E-state index in [2.05, 4.69) is 35.5 Å². The average Bonchev–Trinajstić information content (AvgIpc) is 2.77. The van der Waals surface area contributed by atoms with Crippen molar-refractivity contribution < 1.29 is 4.74 Å². The van der Waals surface area contributed by atoms with Gasteiger partial charge >= 0.3 is 0 Å². The fourth-order valence-electron chi connectivity index (χ4n) is 3.40. The second-order valence-electron chi connectivity index (χ2n) is 6.78. The van der Waals surface area contributed by atoms with Crippen LogP contribution in [0.5, 0.6) is 5.75 Å². The van der Waals surface area contributed by atoms with Gasteiger partial charge in [-0.2, -0.15) is 0 Å². The molecule has 0 atom stereocenters. The van der Waals surface area contributed by atoms with E-state index in [1.54, 1.807) is 0 Å². The molecule has 21 heavy (non-hydrogen) atoms. The quantitative estimate of drug-likeness (QED) is 0.786. The number of benzene rings is 1. The highest BCUT2D eigenvalue weighted by atomic mass is 32.1. The van der Waals surface area contributed by atoms with E-state index in [1.807, 2.05) is 13.0 Å². The number of nitrogens with zero attached hydrogens (tertiary/aromatic N) is 1. The lowest BCUT2D eigenvalue weighted by molar-refractivity contribution is 0.195. The first kappa shape index (κ1) is 14.6. The molecular weight excluding hydrogens is 280 g/mol. The summed E-state index contributed by atoms with van der Waals surface area (Å²) in [6.45, 7) is 7.41. The Hall–Kier alpha value is -1.29. The zero-order valence-corrected chi connectivity index (χ0v) is 13.9. The van der Waals surface area contributed by atoms with Crippen LogP contribution in [0.3, 0.4) is 0 Å². The van der Waals surface area contributed by atoms with Crippen LogP contribution < -0.4 is 4.74 Å². The van der Waals surface area contributed by atoms with Gasteiger partial charge in [-0.25, -0.2) is 0 Å². The highest BCUT2D eigenvalue weighted by Gasteiger charge is 2.29. The summed E-state index contributed by atoms with van der Waals surface area (Å²) in [6.07, 6.45) is 4.93. The number of H-pyrrole nitrogens is 1. The summed E-state index contributed by atoms with van der Waals surface area (Å²) in [6, 6.07) is 6.71. The fourth-order valence-corrected chi connectivity index (χ4v) is 3.75. The van der Waals surface area contributed by atoms with Crippen LogP contribution in [0.4, 0.5) is 0 Å². The van der Waals surface area contributed by atoms with Gasteiger partial charge in [0, 0.05) is 6.04 Å². The summed E-state index contributed by atoms with van der Waals surface area (Å²) in [4.78, 5) is 3.35. The first-order chi connectivity index (χ1) is 10.0. The summed E-state index contributed by atoms with van der Waals surface area (Å²) in [5.74, 6) is 0.899. The third kappa shape index (κ3) is 2.73. The van der Waals surface area contributed by atoms with Crippen molar-refractivity contribution >= 4 is 23.3 Å². The molecule has 114 valence electrons. The Balaban J connectivity index is 2.02. The molecule has 3 rings (SSSR count). The molecular formula is C17H24N2OS. The number of fused-ring (bicyclic) bond motifs is 1. The van der Waals surface area contributed by atoms with Crippen molar-refractivity contribution in [3.05, 3.63) is 23.0 Å². The Morgan fingerprint density at radius 3 is 2.71 bits per heavy atom. The molecule has 0 radical (unpaired) electrons. The predicted octanol–water partition coefficient (Wildman–Crippen LogP) is 5.24. The topological polar surface area (TPSA) is 29.9 Å². The largest absolute Gasteiger partial charge is 0.492 e. The third-order valence-corrected chi connectivity index (χ3v) is 4.99. The molecule has 1 heterocycles. The molecule has 4 heteroatoms. The molecule has 1 fully saturated rings. The maximum atomic E-state index is 5.72. The number of hydrogen-bond donors (Lipinski definition) is 1. The van der Waals surface area contributed by atoms with Gasteiger partial charge in [0.1, 0.15) is 11.3 Å². The number of para-hydroxylation sites is 1. The van der Waals surface area contributed by atoms with Gasteiger partial charge in [0.2, 0.25) is 0 Å². The molecule has 0 unspecified atom stereocenters. The molecule has 0 saturated heterocycles. The Morgan fingerprint density at radius 2 is 2.05 bits per heavy atom. The monoisotopic (exact) mass is 304 g/mol.